The summed E-state index contributed by atoms with van der Waals surface area (Å²) in [7, 11) is 0. The number of aryl methyl sites for hydroxylation is 1. The van der Waals surface area contributed by atoms with Gasteiger partial charge < -0.3 is 10.5 Å². The fourth-order valence-electron chi connectivity index (χ4n) is 2.91. The Labute approximate surface area is 104 Å². The highest BCUT2D eigenvalue weighted by Gasteiger charge is 2.25. The van der Waals surface area contributed by atoms with Gasteiger partial charge in [0, 0.05) is 0 Å². The summed E-state index contributed by atoms with van der Waals surface area (Å²) >= 11 is 0. The van der Waals surface area contributed by atoms with Gasteiger partial charge in [0.25, 0.3) is 0 Å². The molecule has 1 aromatic rings. The maximum atomic E-state index is 6.08. The molecule has 0 bridgehead atoms. The molecule has 17 heavy (non-hydrogen) atoms. The van der Waals surface area contributed by atoms with Gasteiger partial charge in [-0.15, -0.1) is 0 Å². The topological polar surface area (TPSA) is 35.2 Å². The molecular weight excluding hydrogens is 210 g/mol. The Balaban J connectivity index is 2.07. The van der Waals surface area contributed by atoms with E-state index in [1.54, 1.807) is 0 Å². The van der Waals surface area contributed by atoms with Gasteiger partial charge in [-0.3, -0.25) is 0 Å². The van der Waals surface area contributed by atoms with Crippen LogP contribution >= 0.6 is 0 Å². The largest absolute Gasteiger partial charge is 0.488 e. The fourth-order valence-corrected chi connectivity index (χ4v) is 2.91. The van der Waals surface area contributed by atoms with E-state index in [1.165, 1.54) is 6.42 Å². The predicted molar refractivity (Wildman–Crippen MR) is 72.2 cm³/mol. The van der Waals surface area contributed by atoms with E-state index in [4.69, 9.17) is 10.5 Å². The van der Waals surface area contributed by atoms with Crippen molar-refractivity contribution < 1.29 is 4.74 Å². The lowest BCUT2D eigenvalue weighted by Gasteiger charge is -2.32. The molecule has 1 fully saturated rings. The molecule has 0 heterocycles. The van der Waals surface area contributed by atoms with Crippen molar-refractivity contribution in [2.24, 2.45) is 11.8 Å². The number of nitrogen functional groups attached to an aromatic ring is 1. The van der Waals surface area contributed by atoms with E-state index in [0.29, 0.717) is 6.10 Å². The standard InChI is InChI=1S/C15H23NO/c1-10-7-11(2)9-13(8-10)17-14-6-4-5-12(3)15(14)16/h4-6,10-11,13H,7-9,16H2,1-3H3. The van der Waals surface area contributed by atoms with Crippen molar-refractivity contribution >= 4 is 5.69 Å². The number of hydrogen-bond donors (Lipinski definition) is 1. The third-order valence-corrected chi connectivity index (χ3v) is 3.71. The summed E-state index contributed by atoms with van der Waals surface area (Å²) in [6.07, 6.45) is 3.95. The van der Waals surface area contributed by atoms with Crippen molar-refractivity contribution in [3.8, 4) is 5.75 Å². The quantitative estimate of drug-likeness (QED) is 0.789. The third kappa shape index (κ3) is 2.93. The molecule has 2 heteroatoms. The maximum Gasteiger partial charge on any atom is 0.142 e. The number of ether oxygens (including phenoxy) is 1. The Hall–Kier alpha value is -1.18. The van der Waals surface area contributed by atoms with Crippen molar-refractivity contribution in [3.05, 3.63) is 23.8 Å². The minimum atomic E-state index is 0.331. The number of nitrogens with two attached hydrogens (primary N) is 1. The molecule has 0 aliphatic heterocycles. The van der Waals surface area contributed by atoms with Gasteiger partial charge in [-0.1, -0.05) is 26.0 Å². The second kappa shape index (κ2) is 4.99. The van der Waals surface area contributed by atoms with Crippen molar-refractivity contribution in [1.82, 2.24) is 0 Å². The molecule has 1 aromatic carbocycles. The molecule has 2 atom stereocenters. The van der Waals surface area contributed by atoms with E-state index in [-0.39, 0.29) is 0 Å². The minimum absolute atomic E-state index is 0.331. The van der Waals surface area contributed by atoms with Crippen LogP contribution in [0.15, 0.2) is 18.2 Å². The van der Waals surface area contributed by atoms with Crippen molar-refractivity contribution in [1.29, 1.82) is 0 Å². The van der Waals surface area contributed by atoms with Crippen molar-refractivity contribution in [3.63, 3.8) is 0 Å². The summed E-state index contributed by atoms with van der Waals surface area (Å²) in [4.78, 5) is 0. The Kier molecular flexibility index (Phi) is 3.60. The van der Waals surface area contributed by atoms with Gasteiger partial charge in [-0.25, -0.2) is 0 Å². The second-order valence-electron chi connectivity index (χ2n) is 5.64. The van der Waals surface area contributed by atoms with Gasteiger partial charge >= 0.3 is 0 Å². The highest BCUT2D eigenvalue weighted by Crippen LogP contribution is 2.33. The Morgan fingerprint density at radius 3 is 2.41 bits per heavy atom. The molecule has 2 unspecified atom stereocenters. The van der Waals surface area contributed by atoms with Gasteiger partial charge in [0.15, 0.2) is 0 Å². The Morgan fingerprint density at radius 1 is 1.12 bits per heavy atom. The van der Waals surface area contributed by atoms with Crippen LogP contribution in [0.25, 0.3) is 0 Å². The molecule has 1 aliphatic carbocycles. The second-order valence-corrected chi connectivity index (χ2v) is 5.64. The lowest BCUT2D eigenvalue weighted by atomic mass is 9.82. The summed E-state index contributed by atoms with van der Waals surface area (Å²) in [6.45, 7) is 6.64. The molecule has 94 valence electrons. The third-order valence-electron chi connectivity index (χ3n) is 3.71. The van der Waals surface area contributed by atoms with Crippen LogP contribution < -0.4 is 10.5 Å². The lowest BCUT2D eigenvalue weighted by Crippen LogP contribution is -2.28. The van der Waals surface area contributed by atoms with Crippen molar-refractivity contribution in [2.75, 3.05) is 5.73 Å². The lowest BCUT2D eigenvalue weighted by molar-refractivity contribution is 0.102. The summed E-state index contributed by atoms with van der Waals surface area (Å²) in [6, 6.07) is 6.01. The first-order valence-corrected chi connectivity index (χ1v) is 6.58. The Bertz CT molecular complexity index is 379. The first kappa shape index (κ1) is 12.3. The molecular formula is C15H23NO. The molecule has 0 spiro atoms. The molecule has 2 rings (SSSR count). The van der Waals surface area contributed by atoms with E-state index in [1.807, 2.05) is 25.1 Å². The summed E-state index contributed by atoms with van der Waals surface area (Å²) in [5, 5.41) is 0. The van der Waals surface area contributed by atoms with Crippen LogP contribution in [0.5, 0.6) is 5.75 Å². The molecule has 0 aromatic heterocycles. The number of para-hydroxylation sites is 1. The van der Waals surface area contributed by atoms with Crippen LogP contribution in [0.3, 0.4) is 0 Å². The summed E-state index contributed by atoms with van der Waals surface area (Å²) < 4.78 is 6.08. The molecule has 0 radical (unpaired) electrons. The van der Waals surface area contributed by atoms with Crippen molar-refractivity contribution in [2.45, 2.75) is 46.1 Å². The van der Waals surface area contributed by atoms with E-state index in [9.17, 15) is 0 Å². The van der Waals surface area contributed by atoms with E-state index in [0.717, 1.165) is 41.7 Å². The van der Waals surface area contributed by atoms with E-state index < -0.39 is 0 Å². The fraction of sp³-hybridized carbons (Fsp3) is 0.600. The first-order valence-electron chi connectivity index (χ1n) is 6.58. The smallest absolute Gasteiger partial charge is 0.142 e. The Morgan fingerprint density at radius 2 is 1.76 bits per heavy atom. The molecule has 0 amide bonds. The van der Waals surface area contributed by atoms with Gasteiger partial charge in [0.1, 0.15) is 5.75 Å². The molecule has 2 nitrogen and oxygen atoms in total. The number of anilines is 1. The van der Waals surface area contributed by atoms with Gasteiger partial charge in [0.2, 0.25) is 0 Å². The normalized spacial score (nSPS) is 29.0. The zero-order chi connectivity index (χ0) is 12.4. The average Bonchev–Trinajstić information content (AvgIpc) is 2.23. The number of rotatable bonds is 2. The SMILES string of the molecule is Cc1cccc(OC2CC(C)CC(C)C2)c1N. The monoisotopic (exact) mass is 233 g/mol. The minimum Gasteiger partial charge on any atom is -0.488 e. The van der Waals surface area contributed by atoms with Crippen LogP contribution in [-0.2, 0) is 0 Å². The average molecular weight is 233 g/mol. The van der Waals surface area contributed by atoms with Gasteiger partial charge in [0.05, 0.1) is 11.8 Å². The first-order chi connectivity index (χ1) is 8.06. The van der Waals surface area contributed by atoms with E-state index >= 15 is 0 Å². The maximum absolute atomic E-state index is 6.08. The summed E-state index contributed by atoms with van der Waals surface area (Å²) in [5.41, 5.74) is 7.93. The highest BCUT2D eigenvalue weighted by atomic mass is 16.5. The zero-order valence-electron chi connectivity index (χ0n) is 11.1. The van der Waals surface area contributed by atoms with Crippen LogP contribution in [0.1, 0.15) is 38.7 Å². The predicted octanol–water partition coefficient (Wildman–Crippen LogP) is 3.78. The van der Waals surface area contributed by atoms with E-state index in [2.05, 4.69) is 13.8 Å². The van der Waals surface area contributed by atoms with Crippen LogP contribution in [0.2, 0.25) is 0 Å². The number of benzene rings is 1. The molecule has 0 saturated heterocycles. The van der Waals surface area contributed by atoms with Gasteiger partial charge in [-0.05, 0) is 49.7 Å². The van der Waals surface area contributed by atoms with Crippen LogP contribution in [-0.4, -0.2) is 6.10 Å². The number of hydrogen-bond acceptors (Lipinski definition) is 2. The van der Waals surface area contributed by atoms with Crippen LogP contribution in [0, 0.1) is 18.8 Å². The van der Waals surface area contributed by atoms with Crippen LogP contribution in [0.4, 0.5) is 5.69 Å². The zero-order valence-corrected chi connectivity index (χ0v) is 11.1. The summed E-state index contributed by atoms with van der Waals surface area (Å²) in [5.74, 6) is 2.38. The molecule has 2 N–H and O–H groups in total. The van der Waals surface area contributed by atoms with Gasteiger partial charge in [-0.2, -0.15) is 0 Å². The molecule has 1 saturated carbocycles. The molecule has 1 aliphatic rings. The highest BCUT2D eigenvalue weighted by molar-refractivity contribution is 5.57.